The van der Waals surface area contributed by atoms with Gasteiger partial charge in [0.1, 0.15) is 0 Å². The number of para-hydroxylation sites is 1. The number of benzene rings is 1. The zero-order valence-corrected chi connectivity index (χ0v) is 10.2. The highest BCUT2D eigenvalue weighted by atomic mass is 16.5. The average molecular weight is 244 g/mol. The molecule has 1 aliphatic rings. The molecule has 0 amide bonds. The van der Waals surface area contributed by atoms with Crippen molar-refractivity contribution >= 4 is 10.9 Å². The lowest BCUT2D eigenvalue weighted by molar-refractivity contribution is 0.0343. The number of pyridine rings is 1. The lowest BCUT2D eigenvalue weighted by Crippen LogP contribution is -2.35. The second-order valence-corrected chi connectivity index (χ2v) is 4.59. The van der Waals surface area contributed by atoms with E-state index in [0.717, 1.165) is 49.3 Å². The Hall–Kier alpha value is -1.65. The van der Waals surface area contributed by atoms with Crippen molar-refractivity contribution in [2.24, 2.45) is 0 Å². The molecular weight excluding hydrogens is 228 g/mol. The van der Waals surface area contributed by atoms with Crippen LogP contribution in [0.15, 0.2) is 35.1 Å². The van der Waals surface area contributed by atoms with E-state index in [4.69, 9.17) is 4.74 Å². The molecule has 2 aromatic rings. The smallest absolute Gasteiger partial charge is 0.248 e. The molecule has 0 radical (unpaired) electrons. The molecule has 1 aromatic carbocycles. The van der Waals surface area contributed by atoms with Gasteiger partial charge in [0.05, 0.1) is 13.2 Å². The summed E-state index contributed by atoms with van der Waals surface area (Å²) in [6.45, 7) is 4.23. The fourth-order valence-corrected chi connectivity index (χ4v) is 2.41. The lowest BCUT2D eigenvalue weighted by Gasteiger charge is -2.26. The normalized spacial score (nSPS) is 17.1. The van der Waals surface area contributed by atoms with Gasteiger partial charge in [-0.15, -0.1) is 0 Å². The number of nitrogens with zero attached hydrogens (tertiary/aromatic N) is 1. The maximum atomic E-state index is 11.6. The number of morpholine rings is 1. The van der Waals surface area contributed by atoms with Crippen LogP contribution in [-0.4, -0.2) is 36.2 Å². The van der Waals surface area contributed by atoms with E-state index in [1.807, 2.05) is 18.2 Å². The highest BCUT2D eigenvalue weighted by molar-refractivity contribution is 5.81. The maximum Gasteiger partial charge on any atom is 0.248 e. The second-order valence-electron chi connectivity index (χ2n) is 4.59. The van der Waals surface area contributed by atoms with Crippen LogP contribution in [0.2, 0.25) is 0 Å². The van der Waals surface area contributed by atoms with E-state index >= 15 is 0 Å². The van der Waals surface area contributed by atoms with Crippen LogP contribution in [0.4, 0.5) is 0 Å². The summed E-state index contributed by atoms with van der Waals surface area (Å²) in [7, 11) is 0. The fraction of sp³-hybridized carbons (Fsp3) is 0.357. The summed E-state index contributed by atoms with van der Waals surface area (Å²) < 4.78 is 5.34. The summed E-state index contributed by atoms with van der Waals surface area (Å²) in [4.78, 5) is 16.8. The van der Waals surface area contributed by atoms with Gasteiger partial charge in [-0.2, -0.15) is 0 Å². The zero-order chi connectivity index (χ0) is 12.4. The molecule has 0 bridgehead atoms. The van der Waals surface area contributed by atoms with Gasteiger partial charge < -0.3 is 9.72 Å². The van der Waals surface area contributed by atoms with E-state index in [1.54, 1.807) is 6.07 Å². The Balaban J connectivity index is 1.97. The third kappa shape index (κ3) is 2.30. The van der Waals surface area contributed by atoms with Crippen molar-refractivity contribution in [2.45, 2.75) is 6.54 Å². The van der Waals surface area contributed by atoms with Crippen LogP contribution >= 0.6 is 0 Å². The van der Waals surface area contributed by atoms with Crippen molar-refractivity contribution < 1.29 is 4.74 Å². The summed E-state index contributed by atoms with van der Waals surface area (Å²) in [6, 6.07) is 9.65. The third-order valence-electron chi connectivity index (χ3n) is 3.33. The SMILES string of the molecule is O=c1cc(CN2CCOCC2)c2ccccc2[nH]1. The van der Waals surface area contributed by atoms with Crippen molar-refractivity contribution in [1.82, 2.24) is 9.88 Å². The molecule has 1 aromatic heterocycles. The van der Waals surface area contributed by atoms with E-state index in [2.05, 4.69) is 16.0 Å². The Morgan fingerprint density at radius 3 is 2.83 bits per heavy atom. The number of hydrogen-bond acceptors (Lipinski definition) is 3. The van der Waals surface area contributed by atoms with Gasteiger partial charge in [0.25, 0.3) is 0 Å². The molecule has 0 saturated carbocycles. The molecule has 1 fully saturated rings. The Morgan fingerprint density at radius 1 is 1.22 bits per heavy atom. The molecule has 1 N–H and O–H groups in total. The van der Waals surface area contributed by atoms with Crippen molar-refractivity contribution in [1.29, 1.82) is 0 Å². The maximum absolute atomic E-state index is 11.6. The van der Waals surface area contributed by atoms with Crippen molar-refractivity contribution in [2.75, 3.05) is 26.3 Å². The predicted molar refractivity (Wildman–Crippen MR) is 70.7 cm³/mol. The Bertz CT molecular complexity index is 600. The van der Waals surface area contributed by atoms with E-state index in [9.17, 15) is 4.79 Å². The van der Waals surface area contributed by atoms with Crippen molar-refractivity contribution in [3.05, 3.63) is 46.2 Å². The summed E-state index contributed by atoms with van der Waals surface area (Å²) in [5, 5.41) is 1.13. The lowest BCUT2D eigenvalue weighted by atomic mass is 10.1. The van der Waals surface area contributed by atoms with Crippen LogP contribution in [-0.2, 0) is 11.3 Å². The van der Waals surface area contributed by atoms with Gasteiger partial charge in [-0.25, -0.2) is 0 Å². The summed E-state index contributed by atoms with van der Waals surface area (Å²) >= 11 is 0. The quantitative estimate of drug-likeness (QED) is 0.867. The molecule has 4 heteroatoms. The van der Waals surface area contributed by atoms with Crippen LogP contribution in [0.25, 0.3) is 10.9 Å². The molecule has 94 valence electrons. The minimum absolute atomic E-state index is 0.0306. The van der Waals surface area contributed by atoms with Gasteiger partial charge >= 0.3 is 0 Å². The molecule has 1 aliphatic heterocycles. The minimum atomic E-state index is -0.0306. The van der Waals surface area contributed by atoms with Crippen LogP contribution < -0.4 is 5.56 Å². The average Bonchev–Trinajstić information content (AvgIpc) is 2.40. The number of aromatic amines is 1. The summed E-state index contributed by atoms with van der Waals surface area (Å²) in [5.41, 5.74) is 1.97. The van der Waals surface area contributed by atoms with Gasteiger partial charge in [-0.1, -0.05) is 18.2 Å². The van der Waals surface area contributed by atoms with Gasteiger partial charge in [0.2, 0.25) is 5.56 Å². The highest BCUT2D eigenvalue weighted by Crippen LogP contribution is 2.16. The molecule has 2 heterocycles. The third-order valence-corrected chi connectivity index (χ3v) is 3.33. The predicted octanol–water partition coefficient (Wildman–Crippen LogP) is 1.36. The Labute approximate surface area is 105 Å². The molecular formula is C14H16N2O2. The highest BCUT2D eigenvalue weighted by Gasteiger charge is 2.12. The van der Waals surface area contributed by atoms with E-state index in [1.165, 1.54) is 0 Å². The Kier molecular flexibility index (Phi) is 3.13. The van der Waals surface area contributed by atoms with Crippen LogP contribution in [0.1, 0.15) is 5.56 Å². The molecule has 0 spiro atoms. The van der Waals surface area contributed by atoms with Crippen LogP contribution in [0, 0.1) is 0 Å². The number of hydrogen-bond donors (Lipinski definition) is 1. The number of fused-ring (bicyclic) bond motifs is 1. The molecule has 3 rings (SSSR count). The number of ether oxygens (including phenoxy) is 1. The van der Waals surface area contributed by atoms with Gasteiger partial charge in [0.15, 0.2) is 0 Å². The number of rotatable bonds is 2. The summed E-state index contributed by atoms with van der Waals surface area (Å²) in [6.07, 6.45) is 0. The summed E-state index contributed by atoms with van der Waals surface area (Å²) in [5.74, 6) is 0. The molecule has 18 heavy (non-hydrogen) atoms. The van der Waals surface area contributed by atoms with Crippen molar-refractivity contribution in [3.63, 3.8) is 0 Å². The van der Waals surface area contributed by atoms with E-state index in [0.29, 0.717) is 0 Å². The molecule has 1 saturated heterocycles. The second kappa shape index (κ2) is 4.92. The van der Waals surface area contributed by atoms with E-state index in [-0.39, 0.29) is 5.56 Å². The first kappa shape index (κ1) is 11.4. The largest absolute Gasteiger partial charge is 0.379 e. The number of aromatic nitrogens is 1. The molecule has 0 atom stereocenters. The number of nitrogens with one attached hydrogen (secondary N) is 1. The number of H-pyrrole nitrogens is 1. The monoisotopic (exact) mass is 244 g/mol. The van der Waals surface area contributed by atoms with Crippen molar-refractivity contribution in [3.8, 4) is 0 Å². The zero-order valence-electron chi connectivity index (χ0n) is 10.2. The van der Waals surface area contributed by atoms with Gasteiger partial charge in [0, 0.05) is 36.6 Å². The first-order chi connectivity index (χ1) is 8.83. The van der Waals surface area contributed by atoms with Gasteiger partial charge in [-0.3, -0.25) is 9.69 Å². The first-order valence-electron chi connectivity index (χ1n) is 6.24. The van der Waals surface area contributed by atoms with E-state index < -0.39 is 0 Å². The van der Waals surface area contributed by atoms with Gasteiger partial charge in [-0.05, 0) is 11.6 Å². The standard InChI is InChI=1S/C14H16N2O2/c17-14-9-11(10-16-5-7-18-8-6-16)12-3-1-2-4-13(12)15-14/h1-4,9H,5-8,10H2,(H,15,17). The minimum Gasteiger partial charge on any atom is -0.379 e. The molecule has 0 aliphatic carbocycles. The fourth-order valence-electron chi connectivity index (χ4n) is 2.41. The molecule has 4 nitrogen and oxygen atoms in total. The van der Waals surface area contributed by atoms with Crippen LogP contribution in [0.5, 0.6) is 0 Å². The molecule has 0 unspecified atom stereocenters. The topological polar surface area (TPSA) is 45.3 Å². The van der Waals surface area contributed by atoms with Crippen LogP contribution in [0.3, 0.4) is 0 Å². The first-order valence-corrected chi connectivity index (χ1v) is 6.24. The Morgan fingerprint density at radius 2 is 2.00 bits per heavy atom.